The number of carbonyl (C=O) groups excluding carboxylic acids is 1. The Kier molecular flexibility index (Phi) is 6.45. The van der Waals surface area contributed by atoms with Gasteiger partial charge in [-0.3, -0.25) is 4.98 Å². The minimum atomic E-state index is -0.500. The third-order valence-corrected chi connectivity index (χ3v) is 6.03. The lowest BCUT2D eigenvalue weighted by Crippen LogP contribution is -2.05. The van der Waals surface area contributed by atoms with Crippen molar-refractivity contribution in [2.75, 3.05) is 7.11 Å². The lowest BCUT2D eigenvalue weighted by molar-refractivity contribution is 0.0594. The van der Waals surface area contributed by atoms with Crippen LogP contribution in [-0.4, -0.2) is 32.7 Å². The van der Waals surface area contributed by atoms with Crippen LogP contribution in [0.3, 0.4) is 0 Å². The number of nitrogens with zero attached hydrogens (tertiary/aromatic N) is 4. The third kappa shape index (κ3) is 4.68. The van der Waals surface area contributed by atoms with E-state index in [1.807, 2.05) is 36.4 Å². The van der Waals surface area contributed by atoms with Gasteiger partial charge in [-0.1, -0.05) is 50.2 Å². The summed E-state index contributed by atoms with van der Waals surface area (Å²) in [6.45, 7) is 4.85. The van der Waals surface area contributed by atoms with Gasteiger partial charge in [0.05, 0.1) is 12.7 Å². The molecule has 0 radical (unpaired) electrons. The van der Waals surface area contributed by atoms with Gasteiger partial charge in [0, 0.05) is 24.2 Å². The topological polar surface area (TPSA) is 78.6 Å². The molecule has 0 N–H and O–H groups in total. The van der Waals surface area contributed by atoms with Gasteiger partial charge in [0.1, 0.15) is 18.1 Å². The van der Waals surface area contributed by atoms with Crippen molar-refractivity contribution in [3.63, 3.8) is 0 Å². The van der Waals surface area contributed by atoms with Crippen LogP contribution in [0, 0.1) is 0 Å². The van der Waals surface area contributed by atoms with Gasteiger partial charge < -0.3 is 9.47 Å². The van der Waals surface area contributed by atoms with Crippen LogP contribution in [0.4, 0.5) is 0 Å². The molecule has 0 amide bonds. The quantitative estimate of drug-likeness (QED) is 0.269. The molecule has 0 bridgehead atoms. The molecule has 0 saturated carbocycles. The number of carbonyl (C=O) groups is 1. The van der Waals surface area contributed by atoms with E-state index in [0.29, 0.717) is 18.2 Å². The molecular formula is C29H26N4O3. The predicted molar refractivity (Wildman–Crippen MR) is 138 cm³/mol. The summed E-state index contributed by atoms with van der Waals surface area (Å²) in [4.78, 5) is 20.8. The molecule has 3 aromatic heterocycles. The first-order valence-electron chi connectivity index (χ1n) is 11.7. The zero-order valence-electron chi connectivity index (χ0n) is 20.4. The molecule has 0 aliphatic carbocycles. The highest BCUT2D eigenvalue weighted by Gasteiger charge is 2.20. The van der Waals surface area contributed by atoms with Gasteiger partial charge >= 0.3 is 5.97 Å². The lowest BCUT2D eigenvalue weighted by Gasteiger charge is -2.10. The highest BCUT2D eigenvalue weighted by Crippen LogP contribution is 2.35. The molecule has 0 spiro atoms. The molecule has 0 atom stereocenters. The minimum absolute atomic E-state index is 0.218. The molecule has 3 heterocycles. The molecule has 5 rings (SSSR count). The second kappa shape index (κ2) is 10.00. The van der Waals surface area contributed by atoms with Gasteiger partial charge in [-0.05, 0) is 52.9 Å². The maximum Gasteiger partial charge on any atom is 0.356 e. The van der Waals surface area contributed by atoms with Gasteiger partial charge in [-0.15, -0.1) is 0 Å². The van der Waals surface area contributed by atoms with E-state index in [1.165, 1.54) is 12.7 Å². The lowest BCUT2D eigenvalue weighted by atomic mass is 10.0. The summed E-state index contributed by atoms with van der Waals surface area (Å²) in [5.74, 6) is 0.764. The van der Waals surface area contributed by atoms with Crippen LogP contribution >= 0.6 is 0 Å². The van der Waals surface area contributed by atoms with Crippen LogP contribution in [0.1, 0.15) is 41.4 Å². The number of rotatable bonds is 7. The molecule has 7 nitrogen and oxygen atoms in total. The van der Waals surface area contributed by atoms with Crippen molar-refractivity contribution in [3.05, 3.63) is 102 Å². The summed E-state index contributed by atoms with van der Waals surface area (Å²) in [5, 5.41) is 4.75. The minimum Gasteiger partial charge on any atom is -0.489 e. The summed E-state index contributed by atoms with van der Waals surface area (Å²) in [6.07, 6.45) is 5.16. The van der Waals surface area contributed by atoms with Gasteiger partial charge in [0.25, 0.3) is 0 Å². The van der Waals surface area contributed by atoms with Crippen LogP contribution in [0.5, 0.6) is 5.75 Å². The second-order valence-corrected chi connectivity index (χ2v) is 8.74. The number of hydrogen-bond acceptors (Lipinski definition) is 6. The summed E-state index contributed by atoms with van der Waals surface area (Å²) in [5.41, 5.74) is 6.56. The average molecular weight is 479 g/mol. The maximum atomic E-state index is 12.1. The van der Waals surface area contributed by atoms with Crippen molar-refractivity contribution in [3.8, 4) is 28.1 Å². The molecule has 0 aliphatic rings. The third-order valence-electron chi connectivity index (χ3n) is 6.03. The molecule has 0 fully saturated rings. The van der Waals surface area contributed by atoms with Crippen LogP contribution in [0.2, 0.25) is 0 Å². The molecule has 180 valence electrons. The Morgan fingerprint density at radius 2 is 1.64 bits per heavy atom. The number of benzene rings is 2. The van der Waals surface area contributed by atoms with E-state index in [2.05, 4.69) is 48.1 Å². The number of aromatic nitrogens is 4. The number of esters is 1. The van der Waals surface area contributed by atoms with Crippen LogP contribution in [0.15, 0.2) is 85.3 Å². The largest absolute Gasteiger partial charge is 0.489 e. The van der Waals surface area contributed by atoms with Gasteiger partial charge in [-0.25, -0.2) is 14.3 Å². The van der Waals surface area contributed by atoms with Crippen molar-refractivity contribution in [1.82, 2.24) is 19.6 Å². The van der Waals surface area contributed by atoms with Gasteiger partial charge in [0.2, 0.25) is 0 Å². The smallest absolute Gasteiger partial charge is 0.356 e. The van der Waals surface area contributed by atoms with Crippen molar-refractivity contribution in [2.45, 2.75) is 26.4 Å². The van der Waals surface area contributed by atoms with Crippen molar-refractivity contribution >= 4 is 11.6 Å². The first kappa shape index (κ1) is 23.2. The maximum absolute atomic E-state index is 12.1. The molecule has 0 unspecified atom stereocenters. The molecule has 5 aromatic rings. The van der Waals surface area contributed by atoms with Gasteiger partial charge in [-0.2, -0.15) is 5.10 Å². The first-order chi connectivity index (χ1) is 17.5. The molecule has 0 aliphatic heterocycles. The molecule has 36 heavy (non-hydrogen) atoms. The summed E-state index contributed by atoms with van der Waals surface area (Å²) >= 11 is 0. The Hall–Kier alpha value is -4.52. The monoisotopic (exact) mass is 478 g/mol. The Morgan fingerprint density at radius 1 is 0.917 bits per heavy atom. The Labute approximate surface area is 209 Å². The highest BCUT2D eigenvalue weighted by molar-refractivity contribution is 5.93. The van der Waals surface area contributed by atoms with E-state index in [-0.39, 0.29) is 5.69 Å². The van der Waals surface area contributed by atoms with E-state index in [9.17, 15) is 4.79 Å². The van der Waals surface area contributed by atoms with Crippen molar-refractivity contribution in [2.24, 2.45) is 0 Å². The zero-order chi connectivity index (χ0) is 25.1. The standard InChI is InChI=1S/C29H26N4O3/c1-19(2)21-6-4-20(5-7-21)18-36-24-10-8-22(9-11-24)26-27(23-12-15-30-16-13-23)32-33-17-14-25(29(34)35-3)31-28(26)33/h4-17,19H,18H2,1-3H3. The normalized spacial score (nSPS) is 11.1. The van der Waals surface area contributed by atoms with Gasteiger partial charge in [0.15, 0.2) is 11.3 Å². The average Bonchev–Trinajstić information content (AvgIpc) is 3.31. The van der Waals surface area contributed by atoms with Crippen molar-refractivity contribution < 1.29 is 14.3 Å². The fourth-order valence-electron chi connectivity index (χ4n) is 4.01. The van der Waals surface area contributed by atoms with Crippen LogP contribution < -0.4 is 4.74 Å². The SMILES string of the molecule is COC(=O)c1ccn2nc(-c3ccncc3)c(-c3ccc(OCc4ccc(C(C)C)cc4)cc3)c2n1. The molecular weight excluding hydrogens is 452 g/mol. The predicted octanol–water partition coefficient (Wildman–Crippen LogP) is 5.95. The Balaban J connectivity index is 1.47. The van der Waals surface area contributed by atoms with Crippen molar-refractivity contribution in [1.29, 1.82) is 0 Å². The summed E-state index contributed by atoms with van der Waals surface area (Å²) < 4.78 is 12.6. The van der Waals surface area contributed by atoms with E-state index in [0.717, 1.165) is 33.7 Å². The van der Waals surface area contributed by atoms with E-state index in [4.69, 9.17) is 14.6 Å². The Bertz CT molecular complexity index is 1490. The summed E-state index contributed by atoms with van der Waals surface area (Å²) in [7, 11) is 1.34. The summed E-state index contributed by atoms with van der Waals surface area (Å²) in [6, 6.07) is 21.7. The number of fused-ring (bicyclic) bond motifs is 1. The number of methoxy groups -OCH3 is 1. The van der Waals surface area contributed by atoms with E-state index >= 15 is 0 Å². The Morgan fingerprint density at radius 3 is 2.31 bits per heavy atom. The fourth-order valence-corrected chi connectivity index (χ4v) is 4.01. The zero-order valence-corrected chi connectivity index (χ0v) is 20.4. The van der Waals surface area contributed by atoms with E-state index < -0.39 is 5.97 Å². The second-order valence-electron chi connectivity index (χ2n) is 8.74. The number of ether oxygens (including phenoxy) is 2. The van der Waals surface area contributed by atoms with Crippen LogP contribution in [-0.2, 0) is 11.3 Å². The van der Waals surface area contributed by atoms with E-state index in [1.54, 1.807) is 29.2 Å². The fraction of sp³-hybridized carbons (Fsp3) is 0.172. The molecule has 0 saturated heterocycles. The molecule has 2 aromatic carbocycles. The number of hydrogen-bond donors (Lipinski definition) is 0. The van der Waals surface area contributed by atoms with Crippen LogP contribution in [0.25, 0.3) is 28.0 Å². The number of pyridine rings is 1. The first-order valence-corrected chi connectivity index (χ1v) is 11.7. The highest BCUT2D eigenvalue weighted by atomic mass is 16.5. The molecule has 7 heteroatoms.